The number of rotatable bonds is 14. The standard InChI is InChI=1S/C38H48N4O5S/c1-4-16-40(19-18-39-20-22-47-23-21-39)37(46)34-38-27(3)24-31(48-38)32(35(44)41(17-5-2)29-14-10-7-11-15-29)33(38)36(45)42(34)30(26-43)25-28-12-8-6-9-13-28/h4-15,27,30-34,43H,1-2,16-26H2,3H3/t27?,30-,31-,32+,33+,34?,38?/m1/s1. The summed E-state index contributed by atoms with van der Waals surface area (Å²) >= 11 is 1.67. The van der Waals surface area contributed by atoms with Crippen molar-refractivity contribution in [1.29, 1.82) is 0 Å². The van der Waals surface area contributed by atoms with Gasteiger partial charge < -0.3 is 24.5 Å². The molecule has 4 aliphatic rings. The average molecular weight is 673 g/mol. The highest BCUT2D eigenvalue weighted by Crippen LogP contribution is 2.69. The Morgan fingerprint density at radius 1 is 1.04 bits per heavy atom. The number of benzene rings is 2. The minimum atomic E-state index is -0.826. The van der Waals surface area contributed by atoms with Gasteiger partial charge in [-0.05, 0) is 36.5 Å². The van der Waals surface area contributed by atoms with Crippen molar-refractivity contribution in [2.75, 3.05) is 64.0 Å². The maximum Gasteiger partial charge on any atom is 0.247 e. The molecule has 9 nitrogen and oxygen atoms in total. The van der Waals surface area contributed by atoms with E-state index in [1.165, 1.54) is 0 Å². The lowest BCUT2D eigenvalue weighted by molar-refractivity contribution is -0.145. The van der Waals surface area contributed by atoms with Crippen LogP contribution >= 0.6 is 11.8 Å². The lowest BCUT2D eigenvalue weighted by Gasteiger charge is -2.42. The first-order chi connectivity index (χ1) is 23.3. The van der Waals surface area contributed by atoms with Gasteiger partial charge in [-0.2, -0.15) is 0 Å². The molecule has 4 fully saturated rings. The lowest BCUT2D eigenvalue weighted by Crippen LogP contribution is -2.60. The second-order valence-corrected chi connectivity index (χ2v) is 15.0. The number of fused-ring (bicyclic) bond motifs is 1. The van der Waals surface area contributed by atoms with Crippen molar-refractivity contribution in [2.24, 2.45) is 17.8 Å². The molecule has 1 N–H and O–H groups in total. The van der Waals surface area contributed by atoms with Gasteiger partial charge in [0.15, 0.2) is 0 Å². The van der Waals surface area contributed by atoms with Gasteiger partial charge in [0.05, 0.1) is 42.4 Å². The molecule has 4 aliphatic heterocycles. The number of nitrogens with zero attached hydrogens (tertiary/aromatic N) is 4. The molecule has 10 heteroatoms. The summed E-state index contributed by atoms with van der Waals surface area (Å²) in [5, 5.41) is 10.8. The number of carbonyl (C=O) groups is 3. The van der Waals surface area contributed by atoms with Crippen molar-refractivity contribution in [2.45, 2.75) is 41.8 Å². The molecule has 0 saturated carbocycles. The fourth-order valence-electron chi connectivity index (χ4n) is 8.50. The summed E-state index contributed by atoms with van der Waals surface area (Å²) in [5.74, 6) is -1.74. The molecule has 0 radical (unpaired) electrons. The number of hydrogen-bond acceptors (Lipinski definition) is 7. The van der Waals surface area contributed by atoms with Crippen molar-refractivity contribution < 1.29 is 24.2 Å². The smallest absolute Gasteiger partial charge is 0.247 e. The Morgan fingerprint density at radius 2 is 1.71 bits per heavy atom. The normalized spacial score (nSPS) is 28.6. The van der Waals surface area contributed by atoms with Gasteiger partial charge in [0, 0.05) is 50.2 Å². The number of thioether (sulfide) groups is 1. The van der Waals surface area contributed by atoms with E-state index < -0.39 is 28.7 Å². The van der Waals surface area contributed by atoms with Gasteiger partial charge >= 0.3 is 0 Å². The Bertz CT molecular complexity index is 1470. The van der Waals surface area contributed by atoms with Gasteiger partial charge in [-0.15, -0.1) is 24.9 Å². The highest BCUT2D eigenvalue weighted by atomic mass is 32.2. The second kappa shape index (κ2) is 15.0. The Hall–Kier alpha value is -3.44. The lowest BCUT2D eigenvalue weighted by atomic mass is 9.65. The zero-order valence-electron chi connectivity index (χ0n) is 27.9. The largest absolute Gasteiger partial charge is 0.394 e. The van der Waals surface area contributed by atoms with Crippen LogP contribution in [-0.4, -0.2) is 119 Å². The Morgan fingerprint density at radius 3 is 2.35 bits per heavy atom. The monoisotopic (exact) mass is 672 g/mol. The molecule has 4 saturated heterocycles. The fraction of sp³-hybridized carbons (Fsp3) is 0.500. The van der Waals surface area contributed by atoms with Crippen molar-refractivity contribution in [1.82, 2.24) is 14.7 Å². The summed E-state index contributed by atoms with van der Waals surface area (Å²) in [6.45, 7) is 14.5. The minimum absolute atomic E-state index is 0.00919. The zero-order chi connectivity index (χ0) is 33.8. The topological polar surface area (TPSA) is 93.6 Å². The predicted molar refractivity (Wildman–Crippen MR) is 190 cm³/mol. The van der Waals surface area contributed by atoms with E-state index in [-0.39, 0.29) is 35.5 Å². The summed E-state index contributed by atoms with van der Waals surface area (Å²) in [6, 6.07) is 17.8. The number of anilines is 1. The molecular formula is C38H48N4O5S. The number of hydrogen-bond donors (Lipinski definition) is 1. The molecule has 256 valence electrons. The van der Waals surface area contributed by atoms with E-state index in [0.717, 1.165) is 30.8 Å². The molecule has 3 unspecified atom stereocenters. The molecule has 2 aromatic carbocycles. The number of aliphatic hydroxyl groups is 1. The number of aliphatic hydroxyl groups excluding tert-OH is 1. The molecular weight excluding hydrogens is 625 g/mol. The van der Waals surface area contributed by atoms with Crippen LogP contribution in [0.15, 0.2) is 86.0 Å². The number of morpholine rings is 1. The third-order valence-corrected chi connectivity index (χ3v) is 12.8. The highest BCUT2D eigenvalue weighted by Gasteiger charge is 2.77. The molecule has 2 bridgehead atoms. The van der Waals surface area contributed by atoms with Crippen LogP contribution in [-0.2, 0) is 25.5 Å². The summed E-state index contributed by atoms with van der Waals surface area (Å²) < 4.78 is 4.72. The first-order valence-electron chi connectivity index (χ1n) is 17.2. The van der Waals surface area contributed by atoms with Gasteiger partial charge in [0.1, 0.15) is 6.04 Å². The molecule has 0 aliphatic carbocycles. The van der Waals surface area contributed by atoms with Crippen molar-refractivity contribution in [3.8, 4) is 0 Å². The van der Waals surface area contributed by atoms with E-state index in [2.05, 4.69) is 25.0 Å². The van der Waals surface area contributed by atoms with Crippen LogP contribution in [0.5, 0.6) is 0 Å². The van der Waals surface area contributed by atoms with Crippen LogP contribution in [0.2, 0.25) is 0 Å². The molecule has 48 heavy (non-hydrogen) atoms. The predicted octanol–water partition coefficient (Wildman–Crippen LogP) is 3.49. The Labute approximate surface area is 288 Å². The van der Waals surface area contributed by atoms with Crippen LogP contribution < -0.4 is 4.90 Å². The molecule has 1 spiro atoms. The van der Waals surface area contributed by atoms with E-state index >= 15 is 9.59 Å². The summed E-state index contributed by atoms with van der Waals surface area (Å²) in [7, 11) is 0. The first kappa shape index (κ1) is 34.4. The molecule has 4 heterocycles. The van der Waals surface area contributed by atoms with Crippen LogP contribution in [0.25, 0.3) is 0 Å². The number of para-hydroxylation sites is 1. The van der Waals surface area contributed by atoms with E-state index in [1.54, 1.807) is 33.7 Å². The average Bonchev–Trinajstić information content (AvgIpc) is 3.72. The van der Waals surface area contributed by atoms with Gasteiger partial charge in [-0.25, -0.2) is 0 Å². The third-order valence-electron chi connectivity index (χ3n) is 10.7. The maximum absolute atomic E-state index is 15.1. The van der Waals surface area contributed by atoms with Crippen LogP contribution in [0.3, 0.4) is 0 Å². The molecule has 2 aromatic rings. The Kier molecular flexibility index (Phi) is 10.7. The van der Waals surface area contributed by atoms with E-state index in [0.29, 0.717) is 45.8 Å². The fourth-order valence-corrected chi connectivity index (χ4v) is 10.9. The number of amides is 3. The summed E-state index contributed by atoms with van der Waals surface area (Å²) in [5.41, 5.74) is 1.73. The van der Waals surface area contributed by atoms with E-state index in [9.17, 15) is 9.90 Å². The first-order valence-corrected chi connectivity index (χ1v) is 18.1. The third kappa shape index (κ3) is 6.24. The van der Waals surface area contributed by atoms with E-state index in [4.69, 9.17) is 4.74 Å². The number of ether oxygens (including phenoxy) is 1. The van der Waals surface area contributed by atoms with Gasteiger partial charge in [-0.3, -0.25) is 19.3 Å². The van der Waals surface area contributed by atoms with Gasteiger partial charge in [0.2, 0.25) is 17.7 Å². The highest BCUT2D eigenvalue weighted by molar-refractivity contribution is 8.02. The molecule has 3 amide bonds. The second-order valence-electron chi connectivity index (χ2n) is 13.4. The SMILES string of the molecule is C=CCN(CCN1CCOCC1)C(=O)C1N([C@@H](CO)Cc2ccccc2)C(=O)[C@@H]2[C@@H](C(=O)N(CC=C)c3ccccc3)[C@H]3CC(C)C12S3. The van der Waals surface area contributed by atoms with Crippen molar-refractivity contribution in [3.05, 3.63) is 91.5 Å². The zero-order valence-corrected chi connectivity index (χ0v) is 28.7. The van der Waals surface area contributed by atoms with Crippen molar-refractivity contribution in [3.63, 3.8) is 0 Å². The Balaban J connectivity index is 1.40. The van der Waals surface area contributed by atoms with Gasteiger partial charge in [-0.1, -0.05) is 67.6 Å². The molecule has 7 atom stereocenters. The van der Waals surface area contributed by atoms with Crippen LogP contribution in [0.1, 0.15) is 18.9 Å². The number of likely N-dealkylation sites (tertiary alicyclic amines) is 1. The maximum atomic E-state index is 15.1. The van der Waals surface area contributed by atoms with Crippen LogP contribution in [0.4, 0.5) is 5.69 Å². The van der Waals surface area contributed by atoms with E-state index in [1.807, 2.05) is 65.6 Å². The molecule has 6 rings (SSSR count). The van der Waals surface area contributed by atoms with Gasteiger partial charge in [0.25, 0.3) is 0 Å². The quantitative estimate of drug-likeness (QED) is 0.307. The summed E-state index contributed by atoms with van der Waals surface area (Å²) in [4.78, 5) is 52.3. The van der Waals surface area contributed by atoms with Crippen LogP contribution in [0, 0.1) is 17.8 Å². The minimum Gasteiger partial charge on any atom is -0.394 e. The van der Waals surface area contributed by atoms with Crippen molar-refractivity contribution >= 4 is 35.2 Å². The summed E-state index contributed by atoms with van der Waals surface area (Å²) in [6.07, 6.45) is 4.58. The number of carbonyl (C=O) groups excluding carboxylic acids is 3. The molecule has 0 aromatic heterocycles.